The highest BCUT2D eigenvalue weighted by Crippen LogP contribution is 2.42. The zero-order valence-corrected chi connectivity index (χ0v) is 21.2. The summed E-state index contributed by atoms with van der Waals surface area (Å²) >= 11 is 0. The van der Waals surface area contributed by atoms with Gasteiger partial charge in [0.25, 0.3) is 8.32 Å². The molecule has 1 aromatic rings. The second-order valence-corrected chi connectivity index (χ2v) is 14.1. The van der Waals surface area contributed by atoms with Gasteiger partial charge in [-0.15, -0.1) is 0 Å². The molecule has 1 aliphatic heterocycles. The molecule has 0 saturated carbocycles. The Hall–Kier alpha value is -2.22. The number of aliphatic carboxylic acids is 1. The number of carbonyl (C=O) groups excluding carboxylic acids is 1. The van der Waals surface area contributed by atoms with E-state index in [2.05, 4.69) is 51.8 Å². The number of hydrazine groups is 1. The van der Waals surface area contributed by atoms with Gasteiger partial charge < -0.3 is 9.53 Å². The second-order valence-electron chi connectivity index (χ2n) is 9.65. The molecule has 1 heterocycles. The fourth-order valence-corrected chi connectivity index (χ4v) is 9.46. The Morgan fingerprint density at radius 3 is 2.44 bits per heavy atom. The van der Waals surface area contributed by atoms with Gasteiger partial charge in [-0.2, -0.15) is 0 Å². The maximum absolute atomic E-state index is 13.3. The first-order chi connectivity index (χ1) is 15.0. The van der Waals surface area contributed by atoms with Crippen LogP contribution >= 0.6 is 0 Å². The molecule has 1 saturated heterocycles. The number of rotatable bonds is 8. The van der Waals surface area contributed by atoms with Gasteiger partial charge in [0.05, 0.1) is 12.0 Å². The summed E-state index contributed by atoms with van der Waals surface area (Å²) in [5.41, 5.74) is 2.87. The van der Waals surface area contributed by atoms with Crippen molar-refractivity contribution in [3.05, 3.63) is 54.3 Å². The lowest BCUT2D eigenvalue weighted by molar-refractivity contribution is -0.149. The van der Waals surface area contributed by atoms with Crippen molar-refractivity contribution >= 4 is 25.4 Å². The number of carbonyl (C=O) groups is 2. The second kappa shape index (κ2) is 10.6. The molecule has 2 N–H and O–H groups in total. The van der Waals surface area contributed by atoms with Crippen LogP contribution in [0.4, 0.5) is 0 Å². The molecule has 0 aliphatic carbocycles. The number of hydrogen-bond donors (Lipinski definition) is 2. The summed E-state index contributed by atoms with van der Waals surface area (Å²) in [7, 11) is -2.75. The normalized spacial score (nSPS) is 21.4. The molecule has 1 amide bonds. The molecule has 7 heteroatoms. The van der Waals surface area contributed by atoms with Crippen LogP contribution in [0, 0.1) is 5.92 Å². The van der Waals surface area contributed by atoms with Gasteiger partial charge in [0.15, 0.2) is 0 Å². The van der Waals surface area contributed by atoms with E-state index < -0.39 is 26.2 Å². The van der Waals surface area contributed by atoms with Crippen LogP contribution in [-0.4, -0.2) is 49.0 Å². The lowest BCUT2D eigenvalue weighted by Crippen LogP contribution is -2.62. The third-order valence-electron chi connectivity index (χ3n) is 6.37. The van der Waals surface area contributed by atoms with Crippen LogP contribution in [0.1, 0.15) is 54.4 Å². The van der Waals surface area contributed by atoms with Crippen molar-refractivity contribution in [2.75, 3.05) is 6.54 Å². The summed E-state index contributed by atoms with van der Waals surface area (Å²) in [5.74, 6) is -1.52. The van der Waals surface area contributed by atoms with Gasteiger partial charge in [-0.25, -0.2) is 5.43 Å². The number of carboxylic acid groups (broad SMARTS) is 1. The number of benzene rings is 1. The van der Waals surface area contributed by atoms with Gasteiger partial charge in [-0.3, -0.25) is 14.6 Å². The van der Waals surface area contributed by atoms with Crippen molar-refractivity contribution in [1.82, 2.24) is 10.4 Å². The molecule has 4 atom stereocenters. The van der Waals surface area contributed by atoms with Crippen LogP contribution < -0.4 is 10.6 Å². The first kappa shape index (κ1) is 26.0. The molecule has 6 nitrogen and oxygen atoms in total. The van der Waals surface area contributed by atoms with Crippen LogP contribution in [0.5, 0.6) is 0 Å². The van der Waals surface area contributed by atoms with Crippen molar-refractivity contribution in [2.45, 2.75) is 71.6 Å². The van der Waals surface area contributed by atoms with Gasteiger partial charge in [0.2, 0.25) is 5.91 Å². The van der Waals surface area contributed by atoms with E-state index in [4.69, 9.17) is 4.43 Å². The third-order valence-corrected chi connectivity index (χ3v) is 11.6. The van der Waals surface area contributed by atoms with E-state index >= 15 is 0 Å². The number of amides is 1. The third kappa shape index (κ3) is 5.39. The molecule has 0 aromatic heterocycles. The maximum Gasteiger partial charge on any atom is 0.322 e. The minimum absolute atomic E-state index is 0.140. The van der Waals surface area contributed by atoms with E-state index in [-0.39, 0.29) is 17.0 Å². The lowest BCUT2D eigenvalue weighted by atomic mass is 10.0. The van der Waals surface area contributed by atoms with E-state index in [9.17, 15) is 14.7 Å². The molecule has 32 heavy (non-hydrogen) atoms. The van der Waals surface area contributed by atoms with Gasteiger partial charge >= 0.3 is 5.97 Å². The van der Waals surface area contributed by atoms with Gasteiger partial charge in [-0.05, 0) is 36.9 Å². The van der Waals surface area contributed by atoms with Crippen LogP contribution in [-0.2, 0) is 14.0 Å². The average Bonchev–Trinajstić information content (AvgIpc) is 2.76. The van der Waals surface area contributed by atoms with Crippen molar-refractivity contribution in [2.24, 2.45) is 5.92 Å². The SMILES string of the molecule is C=CC=C(C)[Si](OC(C)C(C)C(=O)N1CCCC(C(=O)O)N1)(c1ccccc1)C(C)(C)C. The van der Waals surface area contributed by atoms with Crippen molar-refractivity contribution in [1.29, 1.82) is 0 Å². The molecule has 1 fully saturated rings. The number of carboxylic acids is 1. The molecule has 0 spiro atoms. The Labute approximate surface area is 193 Å². The molecule has 0 radical (unpaired) electrons. The standard InChI is InChI=1S/C25H38N2O4Si/c1-8-13-18(2)32(25(5,6)7,21-14-10-9-11-15-21)31-20(4)19(3)23(28)27-17-12-16-22(26-27)24(29)30/h8-11,13-15,19-20,22,26H,1,12,16-17H2,2-7H3,(H,29,30). The average molecular weight is 459 g/mol. The highest BCUT2D eigenvalue weighted by Gasteiger charge is 2.51. The summed E-state index contributed by atoms with van der Waals surface area (Å²) in [4.78, 5) is 24.6. The highest BCUT2D eigenvalue weighted by molar-refractivity contribution is 6.94. The fraction of sp³-hybridized carbons (Fsp3) is 0.520. The first-order valence-electron chi connectivity index (χ1n) is 11.3. The first-order valence-corrected chi connectivity index (χ1v) is 13.2. The number of allylic oxidation sites excluding steroid dienone is 3. The fourth-order valence-electron chi connectivity index (χ4n) is 4.51. The van der Waals surface area contributed by atoms with Crippen LogP contribution in [0.15, 0.2) is 54.3 Å². The van der Waals surface area contributed by atoms with E-state index in [0.29, 0.717) is 19.4 Å². The minimum atomic E-state index is -2.75. The summed E-state index contributed by atoms with van der Waals surface area (Å²) < 4.78 is 6.98. The van der Waals surface area contributed by atoms with E-state index in [1.165, 1.54) is 5.01 Å². The topological polar surface area (TPSA) is 78.9 Å². The zero-order valence-electron chi connectivity index (χ0n) is 20.2. The summed E-state index contributed by atoms with van der Waals surface area (Å²) in [6.07, 6.45) is 4.61. The molecule has 1 aliphatic rings. The summed E-state index contributed by atoms with van der Waals surface area (Å²) in [6.45, 7) is 16.8. The predicted octanol–water partition coefficient (Wildman–Crippen LogP) is 3.93. The maximum atomic E-state index is 13.3. The molecule has 4 unspecified atom stereocenters. The molecular formula is C25H38N2O4Si. The van der Waals surface area contributed by atoms with Gasteiger partial charge in [-0.1, -0.05) is 82.0 Å². The number of nitrogens with zero attached hydrogens (tertiary/aromatic N) is 1. The minimum Gasteiger partial charge on any atom is -0.480 e. The molecule has 1 aromatic carbocycles. The number of nitrogens with one attached hydrogen (secondary N) is 1. The monoisotopic (exact) mass is 458 g/mol. The van der Waals surface area contributed by atoms with Crippen LogP contribution in [0.2, 0.25) is 5.04 Å². The Morgan fingerprint density at radius 1 is 1.28 bits per heavy atom. The van der Waals surface area contributed by atoms with E-state index in [1.54, 1.807) is 6.08 Å². The Balaban J connectivity index is 2.38. The Kier molecular flexibility index (Phi) is 8.62. The van der Waals surface area contributed by atoms with Gasteiger partial charge in [0.1, 0.15) is 6.04 Å². The molecule has 0 bridgehead atoms. The lowest BCUT2D eigenvalue weighted by Gasteiger charge is -2.46. The smallest absolute Gasteiger partial charge is 0.322 e. The molecule has 2 rings (SSSR count). The quantitative estimate of drug-likeness (QED) is 0.456. The van der Waals surface area contributed by atoms with Crippen LogP contribution in [0.3, 0.4) is 0 Å². The zero-order chi connectivity index (χ0) is 24.1. The molecule has 176 valence electrons. The molecular weight excluding hydrogens is 420 g/mol. The Bertz CT molecular complexity index is 849. The summed E-state index contributed by atoms with van der Waals surface area (Å²) in [6, 6.07) is 9.53. The number of hydrogen-bond acceptors (Lipinski definition) is 4. The van der Waals surface area contributed by atoms with E-state index in [1.807, 2.05) is 38.1 Å². The summed E-state index contributed by atoms with van der Waals surface area (Å²) in [5, 5.41) is 12.9. The van der Waals surface area contributed by atoms with Crippen molar-refractivity contribution in [3.63, 3.8) is 0 Å². The predicted molar refractivity (Wildman–Crippen MR) is 131 cm³/mol. The Morgan fingerprint density at radius 2 is 1.91 bits per heavy atom. The van der Waals surface area contributed by atoms with Gasteiger partial charge in [0, 0.05) is 6.54 Å². The van der Waals surface area contributed by atoms with Crippen molar-refractivity contribution < 1.29 is 19.1 Å². The largest absolute Gasteiger partial charge is 0.480 e. The van der Waals surface area contributed by atoms with E-state index in [0.717, 1.165) is 10.4 Å². The highest BCUT2D eigenvalue weighted by atomic mass is 28.4. The van der Waals surface area contributed by atoms with Crippen LogP contribution in [0.25, 0.3) is 0 Å². The van der Waals surface area contributed by atoms with Crippen molar-refractivity contribution in [3.8, 4) is 0 Å².